The van der Waals surface area contributed by atoms with Crippen molar-refractivity contribution < 1.29 is 9.94 Å². The zero-order chi connectivity index (χ0) is 15.6. The molecule has 1 aromatic rings. The summed E-state index contributed by atoms with van der Waals surface area (Å²) in [7, 11) is 0. The number of ether oxygens (including phenoxy) is 1. The van der Waals surface area contributed by atoms with Crippen molar-refractivity contribution in [3.63, 3.8) is 0 Å². The Morgan fingerprint density at radius 1 is 1.29 bits per heavy atom. The van der Waals surface area contributed by atoms with Crippen LogP contribution in [0.2, 0.25) is 0 Å². The molecular weight excluding hydrogens is 268 g/mol. The Bertz CT molecular complexity index is 545. The zero-order valence-electron chi connectivity index (χ0n) is 13.2. The van der Waals surface area contributed by atoms with Crippen LogP contribution in [0.4, 0.5) is 0 Å². The number of hydrogen-bond donors (Lipinski definition) is 2. The summed E-state index contributed by atoms with van der Waals surface area (Å²) in [5.74, 6) is 0.370. The van der Waals surface area contributed by atoms with Crippen molar-refractivity contribution in [3.8, 4) is 5.88 Å². The third-order valence-electron chi connectivity index (χ3n) is 4.35. The summed E-state index contributed by atoms with van der Waals surface area (Å²) in [6.07, 6.45) is 4.32. The summed E-state index contributed by atoms with van der Waals surface area (Å²) in [5.41, 5.74) is 8.25. The van der Waals surface area contributed by atoms with E-state index in [9.17, 15) is 0 Å². The van der Waals surface area contributed by atoms with Crippen molar-refractivity contribution in [2.24, 2.45) is 16.3 Å². The Labute approximate surface area is 125 Å². The number of amidine groups is 1. The zero-order valence-corrected chi connectivity index (χ0v) is 13.2. The van der Waals surface area contributed by atoms with E-state index >= 15 is 0 Å². The Balaban J connectivity index is 2.23. The molecule has 3 N–H and O–H groups in total. The molecule has 0 atom stereocenters. The van der Waals surface area contributed by atoms with E-state index in [-0.39, 0.29) is 11.9 Å². The van der Waals surface area contributed by atoms with E-state index in [0.29, 0.717) is 16.9 Å². The molecule has 6 nitrogen and oxygen atoms in total. The van der Waals surface area contributed by atoms with E-state index in [1.54, 1.807) is 0 Å². The van der Waals surface area contributed by atoms with Crippen molar-refractivity contribution in [1.82, 2.24) is 10.2 Å². The first kappa shape index (κ1) is 15.5. The number of nitrogens with zero attached hydrogens (tertiary/aromatic N) is 3. The van der Waals surface area contributed by atoms with Crippen LogP contribution in [0.5, 0.6) is 5.88 Å². The van der Waals surface area contributed by atoms with Gasteiger partial charge in [-0.2, -0.15) is 5.10 Å². The van der Waals surface area contributed by atoms with Crippen molar-refractivity contribution >= 4 is 5.84 Å². The Kier molecular flexibility index (Phi) is 4.34. The van der Waals surface area contributed by atoms with E-state index in [0.717, 1.165) is 36.9 Å². The lowest BCUT2D eigenvalue weighted by Crippen LogP contribution is -2.30. The predicted molar refractivity (Wildman–Crippen MR) is 80.7 cm³/mol. The second kappa shape index (κ2) is 5.87. The largest absolute Gasteiger partial charge is 0.473 e. The molecule has 0 aromatic carbocycles. The van der Waals surface area contributed by atoms with Gasteiger partial charge in [-0.3, -0.25) is 0 Å². The molecule has 0 amide bonds. The molecule has 1 fully saturated rings. The van der Waals surface area contributed by atoms with Gasteiger partial charge >= 0.3 is 0 Å². The van der Waals surface area contributed by atoms with Gasteiger partial charge in [0.05, 0.1) is 11.3 Å². The van der Waals surface area contributed by atoms with Gasteiger partial charge in [0.1, 0.15) is 6.10 Å². The Morgan fingerprint density at radius 2 is 1.90 bits per heavy atom. The fourth-order valence-corrected chi connectivity index (χ4v) is 2.67. The molecule has 0 aliphatic heterocycles. The Hall–Kier alpha value is -1.85. The minimum absolute atomic E-state index is 0.0108. The van der Waals surface area contributed by atoms with Gasteiger partial charge in [-0.25, -0.2) is 0 Å². The lowest BCUT2D eigenvalue weighted by molar-refractivity contribution is 0.0937. The van der Waals surface area contributed by atoms with Crippen LogP contribution in [0.3, 0.4) is 0 Å². The second-order valence-corrected chi connectivity index (χ2v) is 6.56. The highest BCUT2D eigenvalue weighted by Gasteiger charge is 2.29. The molecule has 0 spiro atoms. The molecule has 116 valence electrons. The number of aromatic nitrogens is 2. The minimum atomic E-state index is 0.0108. The molecule has 1 aliphatic rings. The van der Waals surface area contributed by atoms with Crippen molar-refractivity contribution in [2.75, 3.05) is 0 Å². The summed E-state index contributed by atoms with van der Waals surface area (Å²) in [6, 6.07) is 0. The number of rotatable bonds is 3. The maximum Gasteiger partial charge on any atom is 0.245 e. The first-order chi connectivity index (χ1) is 9.84. The lowest BCUT2D eigenvalue weighted by atomic mass is 9.76. The highest BCUT2D eigenvalue weighted by atomic mass is 16.5. The number of oxime groups is 1. The van der Waals surface area contributed by atoms with Crippen molar-refractivity contribution in [2.45, 2.75) is 59.5 Å². The van der Waals surface area contributed by atoms with Crippen LogP contribution < -0.4 is 10.5 Å². The highest BCUT2D eigenvalue weighted by molar-refractivity contribution is 6.00. The Morgan fingerprint density at radius 3 is 2.48 bits per heavy atom. The maximum atomic E-state index is 8.96. The van der Waals surface area contributed by atoms with Crippen LogP contribution in [-0.2, 0) is 0 Å². The van der Waals surface area contributed by atoms with E-state index in [4.69, 9.17) is 15.7 Å². The minimum Gasteiger partial charge on any atom is -0.473 e. The quantitative estimate of drug-likeness (QED) is 0.386. The van der Waals surface area contributed by atoms with Gasteiger partial charge in [-0.05, 0) is 50.5 Å². The monoisotopic (exact) mass is 292 g/mol. The molecule has 0 unspecified atom stereocenters. The second-order valence-electron chi connectivity index (χ2n) is 6.56. The first-order valence-corrected chi connectivity index (χ1v) is 7.32. The van der Waals surface area contributed by atoms with Crippen LogP contribution in [0.25, 0.3) is 0 Å². The van der Waals surface area contributed by atoms with Gasteiger partial charge in [-0.15, -0.1) is 5.10 Å². The van der Waals surface area contributed by atoms with E-state index in [1.807, 2.05) is 13.8 Å². The molecule has 1 heterocycles. The average molecular weight is 292 g/mol. The van der Waals surface area contributed by atoms with Gasteiger partial charge < -0.3 is 15.7 Å². The molecule has 0 radical (unpaired) electrons. The molecule has 2 rings (SSSR count). The normalized spacial score (nSPS) is 19.5. The van der Waals surface area contributed by atoms with Gasteiger partial charge in [0.2, 0.25) is 5.88 Å². The maximum absolute atomic E-state index is 8.96. The summed E-state index contributed by atoms with van der Waals surface area (Å²) >= 11 is 0. The van der Waals surface area contributed by atoms with Crippen LogP contribution in [-0.4, -0.2) is 27.3 Å². The predicted octanol–water partition coefficient (Wildman–Crippen LogP) is 2.54. The summed E-state index contributed by atoms with van der Waals surface area (Å²) in [5, 5.41) is 20.2. The van der Waals surface area contributed by atoms with Gasteiger partial charge in [0.25, 0.3) is 0 Å². The summed E-state index contributed by atoms with van der Waals surface area (Å²) in [6.45, 7) is 8.26. The third-order valence-corrected chi connectivity index (χ3v) is 4.35. The van der Waals surface area contributed by atoms with Crippen LogP contribution >= 0.6 is 0 Å². The third kappa shape index (κ3) is 3.43. The molecular formula is C15H24N4O2. The van der Waals surface area contributed by atoms with Crippen molar-refractivity contribution in [1.29, 1.82) is 0 Å². The first-order valence-electron chi connectivity index (χ1n) is 7.32. The van der Waals surface area contributed by atoms with Crippen LogP contribution in [0.1, 0.15) is 56.4 Å². The standard InChI is InChI=1S/C15H24N4O2/c1-9-10(2)17-18-14(12(9)13(16)19-20)21-11-5-7-15(3,4)8-6-11/h11,20H,5-8H2,1-4H3,(H2,16,19). The summed E-state index contributed by atoms with van der Waals surface area (Å²) in [4.78, 5) is 0. The molecule has 0 saturated heterocycles. The molecule has 1 aliphatic carbocycles. The average Bonchev–Trinajstić information content (AvgIpc) is 2.44. The molecule has 1 saturated carbocycles. The van der Waals surface area contributed by atoms with Crippen LogP contribution in [0, 0.1) is 19.3 Å². The SMILES string of the molecule is Cc1nnc(OC2CCC(C)(C)CC2)c(C(N)=NO)c1C. The fourth-order valence-electron chi connectivity index (χ4n) is 2.67. The number of aryl methyl sites for hydroxylation is 1. The highest BCUT2D eigenvalue weighted by Crippen LogP contribution is 2.36. The number of hydrogen-bond acceptors (Lipinski definition) is 5. The topological polar surface area (TPSA) is 93.6 Å². The van der Waals surface area contributed by atoms with Gasteiger partial charge in [0.15, 0.2) is 5.84 Å². The summed E-state index contributed by atoms with van der Waals surface area (Å²) < 4.78 is 5.99. The van der Waals surface area contributed by atoms with E-state index in [1.165, 1.54) is 0 Å². The van der Waals surface area contributed by atoms with Crippen LogP contribution in [0.15, 0.2) is 5.16 Å². The lowest BCUT2D eigenvalue weighted by Gasteiger charge is -2.34. The van der Waals surface area contributed by atoms with Crippen molar-refractivity contribution in [3.05, 3.63) is 16.8 Å². The molecule has 0 bridgehead atoms. The molecule has 21 heavy (non-hydrogen) atoms. The molecule has 6 heteroatoms. The van der Waals surface area contributed by atoms with E-state index in [2.05, 4.69) is 29.2 Å². The van der Waals surface area contributed by atoms with Gasteiger partial charge in [-0.1, -0.05) is 19.0 Å². The fraction of sp³-hybridized carbons (Fsp3) is 0.667. The molecule has 1 aromatic heterocycles. The smallest absolute Gasteiger partial charge is 0.245 e. The van der Waals surface area contributed by atoms with E-state index < -0.39 is 0 Å². The van der Waals surface area contributed by atoms with Gasteiger partial charge in [0, 0.05) is 0 Å². The number of nitrogens with two attached hydrogens (primary N) is 1.